The van der Waals surface area contributed by atoms with Crippen LogP contribution in [0.25, 0.3) is 11.5 Å². The van der Waals surface area contributed by atoms with Crippen molar-refractivity contribution in [2.75, 3.05) is 5.32 Å². The number of aryl methyl sites for hydroxylation is 2. The second-order valence-electron chi connectivity index (χ2n) is 6.26. The summed E-state index contributed by atoms with van der Waals surface area (Å²) in [4.78, 5) is 13.7. The van der Waals surface area contributed by atoms with Gasteiger partial charge in [0.1, 0.15) is 11.5 Å². The third-order valence-electron chi connectivity index (χ3n) is 4.73. The molecule has 120 valence electrons. The molecular formula is C20H20N4. The first kappa shape index (κ1) is 14.8. The predicted octanol–water partition coefficient (Wildman–Crippen LogP) is 4.25. The Morgan fingerprint density at radius 2 is 1.83 bits per heavy atom. The number of aromatic nitrogens is 3. The number of nitrogens with zero attached hydrogens (tertiary/aromatic N) is 3. The maximum atomic E-state index is 4.76. The van der Waals surface area contributed by atoms with Gasteiger partial charge in [-0.3, -0.25) is 4.98 Å². The van der Waals surface area contributed by atoms with Gasteiger partial charge in [-0.1, -0.05) is 30.3 Å². The Morgan fingerprint density at radius 1 is 1.00 bits per heavy atom. The molecule has 0 amide bonds. The molecule has 1 unspecified atom stereocenters. The minimum Gasteiger partial charge on any atom is -0.363 e. The molecule has 4 rings (SSSR count). The molecule has 0 aliphatic heterocycles. The van der Waals surface area contributed by atoms with Crippen LogP contribution in [0.5, 0.6) is 0 Å². The van der Waals surface area contributed by atoms with Crippen molar-refractivity contribution in [1.82, 2.24) is 15.0 Å². The van der Waals surface area contributed by atoms with Gasteiger partial charge in [-0.2, -0.15) is 0 Å². The lowest BCUT2D eigenvalue weighted by Crippen LogP contribution is -2.12. The van der Waals surface area contributed by atoms with Crippen LogP contribution in [0.15, 0.2) is 48.7 Å². The van der Waals surface area contributed by atoms with Crippen LogP contribution < -0.4 is 5.32 Å². The Hall–Kier alpha value is -2.75. The van der Waals surface area contributed by atoms with E-state index in [2.05, 4.69) is 46.5 Å². The minimum absolute atomic E-state index is 0.311. The zero-order valence-electron chi connectivity index (χ0n) is 14.0. The lowest BCUT2D eigenvalue weighted by Gasteiger charge is -2.18. The normalized spacial score (nSPS) is 16.0. The molecule has 0 bridgehead atoms. The van der Waals surface area contributed by atoms with E-state index >= 15 is 0 Å². The molecule has 0 saturated heterocycles. The Bertz CT molecular complexity index is 874. The zero-order chi connectivity index (χ0) is 16.5. The molecule has 2 heterocycles. The molecule has 0 saturated carbocycles. The fourth-order valence-corrected chi connectivity index (χ4v) is 3.25. The second-order valence-corrected chi connectivity index (χ2v) is 6.26. The van der Waals surface area contributed by atoms with Gasteiger partial charge in [0.25, 0.3) is 0 Å². The topological polar surface area (TPSA) is 50.7 Å². The largest absolute Gasteiger partial charge is 0.363 e. The van der Waals surface area contributed by atoms with E-state index in [1.54, 1.807) is 6.20 Å². The molecule has 1 aromatic carbocycles. The smallest absolute Gasteiger partial charge is 0.180 e. The van der Waals surface area contributed by atoms with Gasteiger partial charge in [0, 0.05) is 17.5 Å². The average Bonchev–Trinajstić information content (AvgIpc) is 3.03. The van der Waals surface area contributed by atoms with Crippen molar-refractivity contribution in [3.05, 3.63) is 71.0 Å². The van der Waals surface area contributed by atoms with E-state index in [-0.39, 0.29) is 0 Å². The summed E-state index contributed by atoms with van der Waals surface area (Å²) < 4.78 is 0. The third kappa shape index (κ3) is 2.64. The summed E-state index contributed by atoms with van der Waals surface area (Å²) in [6.45, 7) is 4.10. The highest BCUT2D eigenvalue weighted by Gasteiger charge is 2.23. The molecule has 1 atom stereocenters. The maximum absolute atomic E-state index is 4.76. The van der Waals surface area contributed by atoms with Crippen molar-refractivity contribution in [1.29, 1.82) is 0 Å². The van der Waals surface area contributed by atoms with E-state index in [1.165, 1.54) is 11.1 Å². The quantitative estimate of drug-likeness (QED) is 0.784. The highest BCUT2D eigenvalue weighted by molar-refractivity contribution is 5.57. The number of rotatable bonds is 3. The van der Waals surface area contributed by atoms with E-state index in [0.29, 0.717) is 11.9 Å². The van der Waals surface area contributed by atoms with E-state index in [0.717, 1.165) is 35.6 Å². The molecule has 1 N–H and O–H groups in total. The molecule has 24 heavy (non-hydrogen) atoms. The van der Waals surface area contributed by atoms with Gasteiger partial charge in [-0.15, -0.1) is 0 Å². The molecule has 2 aromatic heterocycles. The van der Waals surface area contributed by atoms with Crippen LogP contribution in [0.2, 0.25) is 0 Å². The lowest BCUT2D eigenvalue weighted by atomic mass is 10.1. The van der Waals surface area contributed by atoms with Crippen LogP contribution in [0.3, 0.4) is 0 Å². The third-order valence-corrected chi connectivity index (χ3v) is 4.73. The zero-order valence-corrected chi connectivity index (χ0v) is 14.0. The molecule has 0 radical (unpaired) electrons. The van der Waals surface area contributed by atoms with Crippen molar-refractivity contribution in [3.63, 3.8) is 0 Å². The average molecular weight is 316 g/mol. The number of hydrogen-bond donors (Lipinski definition) is 1. The molecule has 4 nitrogen and oxygen atoms in total. The van der Waals surface area contributed by atoms with Crippen LogP contribution in [-0.4, -0.2) is 15.0 Å². The van der Waals surface area contributed by atoms with Crippen LogP contribution >= 0.6 is 0 Å². The number of pyridine rings is 1. The Balaban J connectivity index is 1.70. The van der Waals surface area contributed by atoms with Crippen LogP contribution in [0.1, 0.15) is 34.8 Å². The SMILES string of the molecule is Cc1nc(-c2ccccn2)nc(NC2CCc3ccccc32)c1C. The van der Waals surface area contributed by atoms with Gasteiger partial charge in [-0.25, -0.2) is 9.97 Å². The summed E-state index contributed by atoms with van der Waals surface area (Å²) in [5.41, 5.74) is 5.70. The summed E-state index contributed by atoms with van der Waals surface area (Å²) in [5, 5.41) is 3.64. The van der Waals surface area contributed by atoms with Gasteiger partial charge in [0.05, 0.1) is 6.04 Å². The summed E-state index contributed by atoms with van der Waals surface area (Å²) in [6, 6.07) is 14.8. The summed E-state index contributed by atoms with van der Waals surface area (Å²) in [7, 11) is 0. The lowest BCUT2D eigenvalue weighted by molar-refractivity contribution is 0.754. The van der Waals surface area contributed by atoms with E-state index in [4.69, 9.17) is 4.98 Å². The summed E-state index contributed by atoms with van der Waals surface area (Å²) in [6.07, 6.45) is 3.99. The van der Waals surface area contributed by atoms with Gasteiger partial charge < -0.3 is 5.32 Å². The maximum Gasteiger partial charge on any atom is 0.180 e. The Morgan fingerprint density at radius 3 is 2.67 bits per heavy atom. The predicted molar refractivity (Wildman–Crippen MR) is 95.9 cm³/mol. The summed E-state index contributed by atoms with van der Waals surface area (Å²) >= 11 is 0. The first-order chi connectivity index (χ1) is 11.7. The second kappa shape index (κ2) is 6.04. The molecular weight excluding hydrogens is 296 g/mol. The number of hydrogen-bond acceptors (Lipinski definition) is 4. The van der Waals surface area contributed by atoms with Crippen LogP contribution in [-0.2, 0) is 6.42 Å². The van der Waals surface area contributed by atoms with Crippen molar-refractivity contribution < 1.29 is 0 Å². The van der Waals surface area contributed by atoms with Crippen molar-refractivity contribution in [2.45, 2.75) is 32.7 Å². The fraction of sp³-hybridized carbons (Fsp3) is 0.250. The summed E-state index contributed by atoms with van der Waals surface area (Å²) in [5.74, 6) is 1.58. The number of fused-ring (bicyclic) bond motifs is 1. The minimum atomic E-state index is 0.311. The molecule has 0 spiro atoms. The van der Waals surface area contributed by atoms with E-state index in [1.807, 2.05) is 25.1 Å². The molecule has 1 aliphatic carbocycles. The number of anilines is 1. The van der Waals surface area contributed by atoms with Crippen LogP contribution in [0.4, 0.5) is 5.82 Å². The van der Waals surface area contributed by atoms with Gasteiger partial charge in [-0.05, 0) is 49.9 Å². The highest BCUT2D eigenvalue weighted by Crippen LogP contribution is 2.34. The number of benzene rings is 1. The monoisotopic (exact) mass is 316 g/mol. The van der Waals surface area contributed by atoms with Gasteiger partial charge in [0.2, 0.25) is 0 Å². The first-order valence-corrected chi connectivity index (χ1v) is 8.33. The van der Waals surface area contributed by atoms with Crippen molar-refractivity contribution in [2.24, 2.45) is 0 Å². The van der Waals surface area contributed by atoms with Crippen LogP contribution in [0, 0.1) is 13.8 Å². The fourth-order valence-electron chi connectivity index (χ4n) is 3.25. The van der Waals surface area contributed by atoms with Gasteiger partial charge >= 0.3 is 0 Å². The molecule has 1 aliphatic rings. The number of nitrogens with one attached hydrogen (secondary N) is 1. The Labute approximate surface area is 142 Å². The van der Waals surface area contributed by atoms with Crippen molar-refractivity contribution >= 4 is 5.82 Å². The van der Waals surface area contributed by atoms with Crippen molar-refractivity contribution in [3.8, 4) is 11.5 Å². The van der Waals surface area contributed by atoms with E-state index in [9.17, 15) is 0 Å². The standard InChI is InChI=1S/C20H20N4/c1-13-14(2)22-20(18-9-5-6-12-21-18)24-19(13)23-17-11-10-15-7-3-4-8-16(15)17/h3-9,12,17H,10-11H2,1-2H3,(H,22,23,24). The molecule has 4 heteroatoms. The molecule has 0 fully saturated rings. The highest BCUT2D eigenvalue weighted by atomic mass is 15.1. The Kier molecular flexibility index (Phi) is 3.73. The molecule has 3 aromatic rings. The van der Waals surface area contributed by atoms with E-state index < -0.39 is 0 Å². The first-order valence-electron chi connectivity index (χ1n) is 8.33. The van der Waals surface area contributed by atoms with Gasteiger partial charge in [0.15, 0.2) is 5.82 Å².